The first kappa shape index (κ1) is 14.5. The highest BCUT2D eigenvalue weighted by Gasteiger charge is 2.11. The van der Waals surface area contributed by atoms with E-state index in [0.717, 1.165) is 5.56 Å². The van der Waals surface area contributed by atoms with Crippen molar-refractivity contribution in [2.24, 2.45) is 0 Å². The molecule has 8 nitrogen and oxygen atoms in total. The first-order chi connectivity index (χ1) is 10.0. The minimum absolute atomic E-state index is 0.249. The fraction of sp³-hybridized carbons (Fsp3) is 0.231. The van der Waals surface area contributed by atoms with Gasteiger partial charge in [0.2, 0.25) is 0 Å². The van der Waals surface area contributed by atoms with Crippen LogP contribution in [0.25, 0.3) is 0 Å². The van der Waals surface area contributed by atoms with Crippen LogP contribution in [0, 0.1) is 0 Å². The summed E-state index contributed by atoms with van der Waals surface area (Å²) in [5.74, 6) is -0.996. The summed E-state index contributed by atoms with van der Waals surface area (Å²) >= 11 is 0. The molecule has 2 aromatic rings. The van der Waals surface area contributed by atoms with Crippen molar-refractivity contribution in [3.63, 3.8) is 0 Å². The van der Waals surface area contributed by atoms with Crippen LogP contribution in [0.5, 0.6) is 0 Å². The second kappa shape index (κ2) is 6.51. The molecule has 0 spiro atoms. The molecule has 0 saturated heterocycles. The SMILES string of the molecule is CN(Cc1cccnc1)C(=O)Nc1cnn(CC(=O)O)c1. The van der Waals surface area contributed by atoms with Gasteiger partial charge in [-0.25, -0.2) is 4.79 Å². The van der Waals surface area contributed by atoms with Gasteiger partial charge >= 0.3 is 12.0 Å². The Labute approximate surface area is 121 Å². The number of rotatable bonds is 5. The van der Waals surface area contributed by atoms with Gasteiger partial charge in [-0.1, -0.05) is 6.07 Å². The summed E-state index contributed by atoms with van der Waals surface area (Å²) in [6.07, 6.45) is 6.22. The number of pyridine rings is 1. The lowest BCUT2D eigenvalue weighted by molar-refractivity contribution is -0.137. The highest BCUT2D eigenvalue weighted by molar-refractivity contribution is 5.88. The molecule has 0 aromatic carbocycles. The Morgan fingerprint density at radius 3 is 2.90 bits per heavy atom. The van der Waals surface area contributed by atoms with Gasteiger partial charge in [0.1, 0.15) is 6.54 Å². The molecule has 0 aliphatic carbocycles. The molecule has 0 saturated carbocycles. The maximum absolute atomic E-state index is 12.0. The molecule has 0 fully saturated rings. The van der Waals surface area contributed by atoms with E-state index < -0.39 is 5.97 Å². The van der Waals surface area contributed by atoms with Crippen molar-refractivity contribution in [3.8, 4) is 0 Å². The molecule has 0 radical (unpaired) electrons. The second-order valence-electron chi connectivity index (χ2n) is 4.47. The van der Waals surface area contributed by atoms with Gasteiger partial charge < -0.3 is 15.3 Å². The molecule has 0 bridgehead atoms. The molecule has 2 rings (SSSR count). The third kappa shape index (κ3) is 4.30. The van der Waals surface area contributed by atoms with Crippen LogP contribution < -0.4 is 5.32 Å². The summed E-state index contributed by atoms with van der Waals surface area (Å²) in [5, 5.41) is 15.1. The lowest BCUT2D eigenvalue weighted by atomic mass is 10.3. The summed E-state index contributed by atoms with van der Waals surface area (Å²) in [6, 6.07) is 3.37. The number of amides is 2. The van der Waals surface area contributed by atoms with Gasteiger partial charge in [0.05, 0.1) is 11.9 Å². The quantitative estimate of drug-likeness (QED) is 0.856. The molecule has 2 N–H and O–H groups in total. The van der Waals surface area contributed by atoms with Crippen molar-refractivity contribution in [2.75, 3.05) is 12.4 Å². The van der Waals surface area contributed by atoms with Gasteiger partial charge in [-0.15, -0.1) is 0 Å². The monoisotopic (exact) mass is 289 g/mol. The molecule has 21 heavy (non-hydrogen) atoms. The Balaban J connectivity index is 1.91. The van der Waals surface area contributed by atoms with Gasteiger partial charge in [-0.2, -0.15) is 5.10 Å². The van der Waals surface area contributed by atoms with E-state index >= 15 is 0 Å². The van der Waals surface area contributed by atoms with Gasteiger partial charge in [-0.3, -0.25) is 14.5 Å². The number of carboxylic acid groups (broad SMARTS) is 1. The molecule has 0 unspecified atom stereocenters. The molecule has 110 valence electrons. The Morgan fingerprint density at radius 1 is 1.43 bits per heavy atom. The molecule has 2 heterocycles. The number of nitrogens with zero attached hydrogens (tertiary/aromatic N) is 4. The first-order valence-corrected chi connectivity index (χ1v) is 6.20. The number of hydrogen-bond acceptors (Lipinski definition) is 4. The summed E-state index contributed by atoms with van der Waals surface area (Å²) in [6.45, 7) is 0.171. The Morgan fingerprint density at radius 2 is 2.24 bits per heavy atom. The summed E-state index contributed by atoms with van der Waals surface area (Å²) in [5.41, 5.74) is 1.36. The van der Waals surface area contributed by atoms with Crippen LogP contribution in [0.2, 0.25) is 0 Å². The molecular weight excluding hydrogens is 274 g/mol. The third-order valence-corrected chi connectivity index (χ3v) is 2.67. The van der Waals surface area contributed by atoms with Gasteiger partial charge in [0, 0.05) is 32.2 Å². The first-order valence-electron chi connectivity index (χ1n) is 6.20. The number of aliphatic carboxylic acids is 1. The number of carbonyl (C=O) groups is 2. The van der Waals surface area contributed by atoms with E-state index in [0.29, 0.717) is 12.2 Å². The summed E-state index contributed by atoms with van der Waals surface area (Å²) in [4.78, 5) is 28.0. The zero-order valence-corrected chi connectivity index (χ0v) is 11.4. The van der Waals surface area contributed by atoms with E-state index in [4.69, 9.17) is 5.11 Å². The molecule has 2 aromatic heterocycles. The van der Waals surface area contributed by atoms with Crippen molar-refractivity contribution in [1.29, 1.82) is 0 Å². The molecule has 0 aliphatic rings. The normalized spacial score (nSPS) is 10.1. The fourth-order valence-electron chi connectivity index (χ4n) is 1.71. The minimum Gasteiger partial charge on any atom is -0.480 e. The fourth-order valence-corrected chi connectivity index (χ4v) is 1.71. The van der Waals surface area contributed by atoms with Crippen LogP contribution >= 0.6 is 0 Å². The average Bonchev–Trinajstić information content (AvgIpc) is 2.86. The zero-order valence-electron chi connectivity index (χ0n) is 11.4. The van der Waals surface area contributed by atoms with Crippen molar-refractivity contribution >= 4 is 17.7 Å². The van der Waals surface area contributed by atoms with E-state index in [1.54, 1.807) is 25.5 Å². The van der Waals surface area contributed by atoms with E-state index in [1.165, 1.54) is 22.0 Å². The second-order valence-corrected chi connectivity index (χ2v) is 4.47. The predicted molar refractivity (Wildman–Crippen MR) is 74.6 cm³/mol. The third-order valence-electron chi connectivity index (χ3n) is 2.67. The number of anilines is 1. The Kier molecular flexibility index (Phi) is 4.50. The van der Waals surface area contributed by atoms with Crippen LogP contribution in [-0.4, -0.2) is 43.8 Å². The maximum Gasteiger partial charge on any atom is 0.325 e. The smallest absolute Gasteiger partial charge is 0.325 e. The van der Waals surface area contributed by atoms with Crippen LogP contribution in [0.15, 0.2) is 36.9 Å². The number of carboxylic acids is 1. The van der Waals surface area contributed by atoms with Crippen LogP contribution in [0.3, 0.4) is 0 Å². The molecule has 8 heteroatoms. The molecular formula is C13H15N5O3. The lowest BCUT2D eigenvalue weighted by Gasteiger charge is -2.17. The van der Waals surface area contributed by atoms with Crippen molar-refractivity contribution in [2.45, 2.75) is 13.1 Å². The Bertz CT molecular complexity index is 626. The van der Waals surface area contributed by atoms with Gasteiger partial charge in [0.15, 0.2) is 0 Å². The molecule has 2 amide bonds. The van der Waals surface area contributed by atoms with E-state index in [-0.39, 0.29) is 12.6 Å². The number of nitrogens with one attached hydrogen (secondary N) is 1. The van der Waals surface area contributed by atoms with Gasteiger partial charge in [0.25, 0.3) is 0 Å². The number of aromatic nitrogens is 3. The van der Waals surface area contributed by atoms with Crippen molar-refractivity contribution in [1.82, 2.24) is 19.7 Å². The number of urea groups is 1. The summed E-state index contributed by atoms with van der Waals surface area (Å²) < 4.78 is 1.24. The van der Waals surface area contributed by atoms with E-state index in [1.807, 2.05) is 6.07 Å². The van der Waals surface area contributed by atoms with Gasteiger partial charge in [-0.05, 0) is 11.6 Å². The Hall–Kier alpha value is -2.90. The zero-order chi connectivity index (χ0) is 15.2. The average molecular weight is 289 g/mol. The minimum atomic E-state index is -0.996. The topological polar surface area (TPSA) is 100 Å². The van der Waals surface area contributed by atoms with E-state index in [9.17, 15) is 9.59 Å². The standard InChI is InChI=1S/C13H15N5O3/c1-17(7-10-3-2-4-14-5-10)13(21)16-11-6-15-18(8-11)9-12(19)20/h2-6,8H,7,9H2,1H3,(H,16,21)(H,19,20). The molecule has 0 atom stereocenters. The van der Waals surface area contributed by atoms with Crippen molar-refractivity contribution in [3.05, 3.63) is 42.5 Å². The van der Waals surface area contributed by atoms with Crippen LogP contribution in [-0.2, 0) is 17.9 Å². The lowest BCUT2D eigenvalue weighted by Crippen LogP contribution is -2.30. The highest BCUT2D eigenvalue weighted by atomic mass is 16.4. The van der Waals surface area contributed by atoms with Crippen LogP contribution in [0.4, 0.5) is 10.5 Å². The van der Waals surface area contributed by atoms with Crippen molar-refractivity contribution < 1.29 is 14.7 Å². The van der Waals surface area contributed by atoms with Crippen LogP contribution in [0.1, 0.15) is 5.56 Å². The number of hydrogen-bond donors (Lipinski definition) is 2. The number of carbonyl (C=O) groups excluding carboxylic acids is 1. The molecule has 0 aliphatic heterocycles. The van der Waals surface area contributed by atoms with E-state index in [2.05, 4.69) is 15.4 Å². The maximum atomic E-state index is 12.0. The highest BCUT2D eigenvalue weighted by Crippen LogP contribution is 2.07. The largest absolute Gasteiger partial charge is 0.480 e. The predicted octanol–water partition coefficient (Wildman–Crippen LogP) is 1.03. The summed E-state index contributed by atoms with van der Waals surface area (Å²) in [7, 11) is 1.66.